The highest BCUT2D eigenvalue weighted by molar-refractivity contribution is 5.75. The van der Waals surface area contributed by atoms with E-state index in [-0.39, 0.29) is 5.54 Å². The lowest BCUT2D eigenvalue weighted by molar-refractivity contribution is 0.238. The first-order chi connectivity index (χ1) is 14.1. The number of benzene rings is 2. The Morgan fingerprint density at radius 3 is 2.38 bits per heavy atom. The lowest BCUT2D eigenvalue weighted by Crippen LogP contribution is -2.55. The van der Waals surface area contributed by atoms with Gasteiger partial charge >= 0.3 is 0 Å². The van der Waals surface area contributed by atoms with E-state index in [9.17, 15) is 0 Å². The smallest absolute Gasteiger partial charge is 0.0548 e. The highest BCUT2D eigenvalue weighted by Crippen LogP contribution is 2.77. The first kappa shape index (κ1) is 17.8. The van der Waals surface area contributed by atoms with E-state index in [0.29, 0.717) is 16.7 Å². The average Bonchev–Trinajstić information content (AvgIpc) is 3.09. The van der Waals surface area contributed by atoms with Gasteiger partial charge in [-0.25, -0.2) is 0 Å². The van der Waals surface area contributed by atoms with Crippen molar-refractivity contribution in [3.63, 3.8) is 0 Å². The molecule has 6 rings (SSSR count). The Balaban J connectivity index is 1.48. The SMILES string of the molecule is C[C@@]12CC=CC[C@]1(C)[C@@H]2CC12CCNCC1c1ccccc1N2c1ccccc1. The number of hydrogen-bond acceptors (Lipinski definition) is 2. The van der Waals surface area contributed by atoms with Gasteiger partial charge in [0.05, 0.1) is 5.54 Å². The van der Waals surface area contributed by atoms with E-state index in [1.54, 1.807) is 5.56 Å². The molecule has 2 nitrogen and oxygen atoms in total. The molecule has 1 saturated carbocycles. The Labute approximate surface area is 175 Å². The monoisotopic (exact) mass is 384 g/mol. The van der Waals surface area contributed by atoms with Gasteiger partial charge in [0.25, 0.3) is 0 Å². The second kappa shape index (κ2) is 5.98. The van der Waals surface area contributed by atoms with Crippen molar-refractivity contribution >= 4 is 11.4 Å². The van der Waals surface area contributed by atoms with Crippen molar-refractivity contribution in [1.29, 1.82) is 0 Å². The van der Waals surface area contributed by atoms with Gasteiger partial charge in [-0.2, -0.15) is 0 Å². The Morgan fingerprint density at radius 1 is 0.931 bits per heavy atom. The van der Waals surface area contributed by atoms with E-state index >= 15 is 0 Å². The second-order valence-electron chi connectivity index (χ2n) is 10.3. The van der Waals surface area contributed by atoms with E-state index in [2.05, 4.69) is 90.8 Å². The summed E-state index contributed by atoms with van der Waals surface area (Å²) in [6.07, 6.45) is 9.92. The molecule has 5 atom stereocenters. The van der Waals surface area contributed by atoms with Crippen LogP contribution >= 0.6 is 0 Å². The summed E-state index contributed by atoms with van der Waals surface area (Å²) < 4.78 is 0. The molecule has 0 aromatic heterocycles. The maximum atomic E-state index is 3.73. The Bertz CT molecular complexity index is 946. The number of nitrogens with zero attached hydrogens (tertiary/aromatic N) is 1. The summed E-state index contributed by atoms with van der Waals surface area (Å²) in [6.45, 7) is 7.33. The molecule has 2 fully saturated rings. The average molecular weight is 385 g/mol. The summed E-state index contributed by atoms with van der Waals surface area (Å²) >= 11 is 0. The number of para-hydroxylation sites is 2. The van der Waals surface area contributed by atoms with Crippen molar-refractivity contribution in [2.45, 2.75) is 51.0 Å². The van der Waals surface area contributed by atoms with Crippen LogP contribution in [0.1, 0.15) is 51.0 Å². The van der Waals surface area contributed by atoms with Gasteiger partial charge in [0, 0.05) is 23.8 Å². The molecule has 2 aromatic rings. The zero-order valence-electron chi connectivity index (χ0n) is 17.7. The van der Waals surface area contributed by atoms with Gasteiger partial charge < -0.3 is 10.2 Å². The molecule has 0 amide bonds. The molecule has 2 unspecified atom stereocenters. The molecule has 150 valence electrons. The molecule has 2 heterocycles. The number of allylic oxidation sites excluding steroid dienone is 2. The molecule has 0 spiro atoms. The minimum atomic E-state index is 0.185. The second-order valence-corrected chi connectivity index (χ2v) is 10.3. The molecule has 4 aliphatic rings. The molecule has 0 radical (unpaired) electrons. The molecule has 2 aliphatic carbocycles. The van der Waals surface area contributed by atoms with Crippen LogP contribution < -0.4 is 10.2 Å². The Hall–Kier alpha value is -2.06. The van der Waals surface area contributed by atoms with Crippen LogP contribution in [0.3, 0.4) is 0 Å². The topological polar surface area (TPSA) is 15.3 Å². The number of nitrogens with one attached hydrogen (secondary N) is 1. The van der Waals surface area contributed by atoms with Crippen molar-refractivity contribution < 1.29 is 0 Å². The van der Waals surface area contributed by atoms with Gasteiger partial charge in [0.2, 0.25) is 0 Å². The van der Waals surface area contributed by atoms with Crippen LogP contribution in [0.5, 0.6) is 0 Å². The fraction of sp³-hybridized carbons (Fsp3) is 0.481. The highest BCUT2D eigenvalue weighted by Gasteiger charge is 2.72. The van der Waals surface area contributed by atoms with Gasteiger partial charge in [-0.1, -0.05) is 62.4 Å². The predicted molar refractivity (Wildman–Crippen MR) is 121 cm³/mol. The van der Waals surface area contributed by atoms with Crippen LogP contribution in [0.2, 0.25) is 0 Å². The maximum absolute atomic E-state index is 3.73. The Morgan fingerprint density at radius 2 is 1.62 bits per heavy atom. The molecule has 1 N–H and O–H groups in total. The van der Waals surface area contributed by atoms with Crippen molar-refractivity contribution in [2.24, 2.45) is 16.7 Å². The third-order valence-electron chi connectivity index (χ3n) is 9.31. The third kappa shape index (κ3) is 2.21. The molecule has 0 bridgehead atoms. The molecule has 29 heavy (non-hydrogen) atoms. The van der Waals surface area contributed by atoms with Crippen molar-refractivity contribution in [3.05, 3.63) is 72.3 Å². The lowest BCUT2D eigenvalue weighted by atomic mass is 9.72. The minimum absolute atomic E-state index is 0.185. The summed E-state index contributed by atoms with van der Waals surface area (Å²) in [6, 6.07) is 20.4. The third-order valence-corrected chi connectivity index (χ3v) is 9.31. The van der Waals surface area contributed by atoms with E-state index in [1.165, 1.54) is 37.1 Å². The van der Waals surface area contributed by atoms with Crippen molar-refractivity contribution in [3.8, 4) is 0 Å². The highest BCUT2D eigenvalue weighted by atomic mass is 15.3. The normalized spacial score (nSPS) is 39.6. The minimum Gasteiger partial charge on any atom is -0.334 e. The van der Waals surface area contributed by atoms with Gasteiger partial charge in [0.1, 0.15) is 0 Å². The molecule has 2 aromatic carbocycles. The van der Waals surface area contributed by atoms with Crippen LogP contribution in [-0.2, 0) is 0 Å². The summed E-state index contributed by atoms with van der Waals surface area (Å²) in [5.74, 6) is 1.36. The van der Waals surface area contributed by atoms with E-state index in [4.69, 9.17) is 0 Å². The fourth-order valence-corrected chi connectivity index (χ4v) is 7.40. The number of anilines is 2. The van der Waals surface area contributed by atoms with Gasteiger partial charge in [0.15, 0.2) is 0 Å². The molecule has 2 aliphatic heterocycles. The van der Waals surface area contributed by atoms with Crippen LogP contribution in [0.15, 0.2) is 66.7 Å². The standard InChI is InChI=1S/C27H32N2/c1-25-14-8-9-15-26(25,2)24(25)18-27-16-17-28-19-22(27)21-12-6-7-13-23(21)29(27)20-10-4-3-5-11-20/h3-13,22,24,28H,14-19H2,1-2H3/t22?,24-,25+,26-,27?. The number of piperidine rings is 1. The van der Waals surface area contributed by atoms with Crippen molar-refractivity contribution in [2.75, 3.05) is 18.0 Å². The van der Waals surface area contributed by atoms with E-state index < -0.39 is 0 Å². The zero-order valence-corrected chi connectivity index (χ0v) is 17.7. The fourth-order valence-electron chi connectivity index (χ4n) is 7.40. The molecule has 1 saturated heterocycles. The predicted octanol–water partition coefficient (Wildman–Crippen LogP) is 6.04. The first-order valence-corrected chi connectivity index (χ1v) is 11.4. The van der Waals surface area contributed by atoms with Crippen LogP contribution in [0, 0.1) is 16.7 Å². The maximum Gasteiger partial charge on any atom is 0.0548 e. The lowest BCUT2D eigenvalue weighted by Gasteiger charge is -2.48. The van der Waals surface area contributed by atoms with Crippen LogP contribution in [-0.4, -0.2) is 18.6 Å². The zero-order chi connectivity index (χ0) is 19.7. The van der Waals surface area contributed by atoms with E-state index in [0.717, 1.165) is 19.0 Å². The summed E-state index contributed by atoms with van der Waals surface area (Å²) in [5.41, 5.74) is 5.47. The molecular weight excluding hydrogens is 352 g/mol. The van der Waals surface area contributed by atoms with Gasteiger partial charge in [-0.05, 0) is 72.7 Å². The number of fused-ring (bicyclic) bond motifs is 4. The molecule has 2 heteroatoms. The summed E-state index contributed by atoms with van der Waals surface area (Å²) in [7, 11) is 0. The summed E-state index contributed by atoms with van der Waals surface area (Å²) in [5, 5.41) is 3.73. The van der Waals surface area contributed by atoms with Crippen LogP contribution in [0.25, 0.3) is 0 Å². The first-order valence-electron chi connectivity index (χ1n) is 11.4. The Kier molecular flexibility index (Phi) is 3.66. The largest absolute Gasteiger partial charge is 0.334 e. The number of rotatable bonds is 3. The summed E-state index contributed by atoms with van der Waals surface area (Å²) in [4.78, 5) is 2.75. The molecular formula is C27H32N2. The quantitative estimate of drug-likeness (QED) is 0.649. The van der Waals surface area contributed by atoms with Gasteiger partial charge in [-0.15, -0.1) is 0 Å². The van der Waals surface area contributed by atoms with E-state index in [1.807, 2.05) is 0 Å². The van der Waals surface area contributed by atoms with Crippen LogP contribution in [0.4, 0.5) is 11.4 Å². The van der Waals surface area contributed by atoms with Crippen molar-refractivity contribution in [1.82, 2.24) is 5.32 Å². The number of hydrogen-bond donors (Lipinski definition) is 1. The van der Waals surface area contributed by atoms with Gasteiger partial charge in [-0.3, -0.25) is 0 Å².